The lowest BCUT2D eigenvalue weighted by atomic mass is 10.0. The van der Waals surface area contributed by atoms with Gasteiger partial charge in [-0.3, -0.25) is 9.58 Å². The topological polar surface area (TPSA) is 102 Å². The van der Waals surface area contributed by atoms with E-state index in [1.54, 1.807) is 4.68 Å². The molecule has 2 fully saturated rings. The van der Waals surface area contributed by atoms with Crippen LogP contribution in [-0.4, -0.2) is 119 Å². The molecule has 0 spiro atoms. The third-order valence-electron chi connectivity index (χ3n) is 8.64. The molecule has 9 nitrogen and oxygen atoms in total. The number of hydrogen-bond donors (Lipinski definition) is 2. The smallest absolute Gasteiger partial charge is 0.392 e. The van der Waals surface area contributed by atoms with Crippen LogP contribution in [0.1, 0.15) is 42.5 Å². The van der Waals surface area contributed by atoms with Gasteiger partial charge in [0.15, 0.2) is 0 Å². The minimum atomic E-state index is -4.56. The first-order chi connectivity index (χ1) is 20.8. The number of piperidine rings is 2. The number of nitrogens with zero attached hydrogens (tertiary/aromatic N) is 5. The zero-order chi connectivity index (χ0) is 31.6. The van der Waals surface area contributed by atoms with E-state index in [4.69, 9.17) is 5.10 Å². The molecule has 0 saturated carbocycles. The molecule has 1 aromatic heterocycles. The Labute approximate surface area is 260 Å². The van der Waals surface area contributed by atoms with Gasteiger partial charge in [-0.15, -0.1) is 11.8 Å². The Balaban J connectivity index is 1.42. The summed E-state index contributed by atoms with van der Waals surface area (Å²) in [5, 5.41) is 25.7. The summed E-state index contributed by atoms with van der Waals surface area (Å²) < 4.78 is 83.4. The summed E-state index contributed by atoms with van der Waals surface area (Å²) in [4.78, 5) is 4.12. The Kier molecular flexibility index (Phi) is 10.6. The summed E-state index contributed by atoms with van der Waals surface area (Å²) in [7, 11) is -3.53. The second kappa shape index (κ2) is 13.9. The Morgan fingerprint density at radius 2 is 1.84 bits per heavy atom. The van der Waals surface area contributed by atoms with Gasteiger partial charge in [0.1, 0.15) is 6.17 Å². The van der Waals surface area contributed by atoms with Crippen molar-refractivity contribution in [3.63, 3.8) is 0 Å². The zero-order valence-corrected chi connectivity index (χ0v) is 26.5. The van der Waals surface area contributed by atoms with Gasteiger partial charge in [-0.2, -0.15) is 22.6 Å². The molecule has 44 heavy (non-hydrogen) atoms. The number of β-amino-alcohol motifs (C(OH)–C–C–N with tert-alkyl or cyclic N) is 2. The van der Waals surface area contributed by atoms with Crippen LogP contribution in [0.2, 0.25) is 0 Å². The van der Waals surface area contributed by atoms with E-state index >= 15 is 0 Å². The molecule has 2 N–H and O–H groups in total. The van der Waals surface area contributed by atoms with Crippen LogP contribution in [-0.2, 0) is 35.7 Å². The van der Waals surface area contributed by atoms with Gasteiger partial charge in [0.25, 0.3) is 0 Å². The fourth-order valence-corrected chi connectivity index (χ4v) is 8.22. The standard InChI is InChI=1S/C29H41F4N5O4S2/c1-44(41,42)37-12-8-26-24(19-37)28(34-38(26)18-23(40)17-36-9-2-3-22(39)16-36)20-4-5-25(29(31,32)33)27(15-20)43-14-13-35-10-6-21(30)7-11-35/h4-5,15,21-23,39-40H,2-3,6-14,16-19H2,1H3/t22-,23+/m1/s1. The van der Waals surface area contributed by atoms with Crippen molar-refractivity contribution in [2.45, 2.75) is 74.6 Å². The van der Waals surface area contributed by atoms with Crippen molar-refractivity contribution in [2.24, 2.45) is 0 Å². The molecule has 5 rings (SSSR count). The van der Waals surface area contributed by atoms with Crippen molar-refractivity contribution >= 4 is 21.8 Å². The lowest BCUT2D eigenvalue weighted by molar-refractivity contribution is -0.139. The predicted octanol–water partition coefficient (Wildman–Crippen LogP) is 3.23. The third kappa shape index (κ3) is 8.34. The summed E-state index contributed by atoms with van der Waals surface area (Å²) in [6.07, 6.45) is -2.74. The number of halogens is 4. The first-order valence-electron chi connectivity index (χ1n) is 15.1. The number of thioether (sulfide) groups is 1. The van der Waals surface area contributed by atoms with Crippen LogP contribution < -0.4 is 0 Å². The quantitative estimate of drug-likeness (QED) is 0.295. The van der Waals surface area contributed by atoms with Crippen molar-refractivity contribution in [3.05, 3.63) is 35.0 Å². The van der Waals surface area contributed by atoms with Crippen LogP contribution in [0, 0.1) is 0 Å². The van der Waals surface area contributed by atoms with Crippen molar-refractivity contribution in [1.29, 1.82) is 0 Å². The summed E-state index contributed by atoms with van der Waals surface area (Å²) in [6, 6.07) is 3.89. The first-order valence-corrected chi connectivity index (χ1v) is 17.9. The molecule has 0 bridgehead atoms. The number of aliphatic hydroxyl groups is 2. The summed E-state index contributed by atoms with van der Waals surface area (Å²) >= 11 is 1.09. The fourth-order valence-electron chi connectivity index (χ4n) is 6.32. The molecule has 4 heterocycles. The number of rotatable bonds is 10. The predicted molar refractivity (Wildman–Crippen MR) is 161 cm³/mol. The van der Waals surface area contributed by atoms with Crippen LogP contribution in [0.4, 0.5) is 17.6 Å². The lowest BCUT2D eigenvalue weighted by Gasteiger charge is -2.31. The van der Waals surface area contributed by atoms with Crippen LogP contribution in [0.3, 0.4) is 0 Å². The summed E-state index contributed by atoms with van der Waals surface area (Å²) in [5.74, 6) is 0.398. The molecule has 0 amide bonds. The van der Waals surface area contributed by atoms with Crippen LogP contribution in [0.25, 0.3) is 11.3 Å². The number of benzene rings is 1. The van der Waals surface area contributed by atoms with Crippen LogP contribution >= 0.6 is 11.8 Å². The van der Waals surface area contributed by atoms with Crippen molar-refractivity contribution < 1.29 is 36.2 Å². The molecule has 3 aliphatic rings. The van der Waals surface area contributed by atoms with E-state index in [9.17, 15) is 36.2 Å². The number of aromatic nitrogens is 2. The number of alkyl halides is 4. The summed E-state index contributed by atoms with van der Waals surface area (Å²) in [5.41, 5.74) is 1.46. The minimum absolute atomic E-state index is 0.0337. The molecule has 2 aromatic rings. The number of sulfonamides is 1. The Morgan fingerprint density at radius 1 is 1.09 bits per heavy atom. The van der Waals surface area contributed by atoms with Crippen molar-refractivity contribution in [2.75, 3.05) is 57.8 Å². The molecule has 0 aliphatic carbocycles. The van der Waals surface area contributed by atoms with Gasteiger partial charge in [0.05, 0.1) is 36.3 Å². The highest BCUT2D eigenvalue weighted by Gasteiger charge is 2.35. The lowest BCUT2D eigenvalue weighted by Crippen LogP contribution is -2.43. The Morgan fingerprint density at radius 3 is 2.52 bits per heavy atom. The normalized spacial score (nSPS) is 22.3. The van der Waals surface area contributed by atoms with Gasteiger partial charge in [0, 0.05) is 79.7 Å². The zero-order valence-electron chi connectivity index (χ0n) is 24.8. The average Bonchev–Trinajstić information content (AvgIpc) is 3.30. The monoisotopic (exact) mass is 663 g/mol. The van der Waals surface area contributed by atoms with Gasteiger partial charge in [-0.1, -0.05) is 6.07 Å². The third-order valence-corrected chi connectivity index (χ3v) is 10.9. The van der Waals surface area contributed by atoms with Gasteiger partial charge >= 0.3 is 6.18 Å². The molecule has 2 saturated heterocycles. The van der Waals surface area contributed by atoms with Gasteiger partial charge < -0.3 is 15.1 Å². The molecule has 1 aromatic carbocycles. The molecule has 2 atom stereocenters. The van der Waals surface area contributed by atoms with E-state index in [-0.39, 0.29) is 24.5 Å². The SMILES string of the molecule is CS(=O)(=O)N1CCc2c(c(-c3ccc(C(F)(F)F)c(SCCN4CCC(F)CC4)c3)nn2C[C@@H](O)CN2CCC[C@@H](O)C2)C1. The van der Waals surface area contributed by atoms with E-state index in [1.165, 1.54) is 16.4 Å². The highest BCUT2D eigenvalue weighted by atomic mass is 32.2. The van der Waals surface area contributed by atoms with Crippen molar-refractivity contribution in [1.82, 2.24) is 23.9 Å². The Hall–Kier alpha value is -1.75. The minimum Gasteiger partial charge on any atom is -0.392 e. The summed E-state index contributed by atoms with van der Waals surface area (Å²) in [6.45, 7) is 3.68. The molecular weight excluding hydrogens is 622 g/mol. The maximum absolute atomic E-state index is 14.0. The average molecular weight is 664 g/mol. The van der Waals surface area contributed by atoms with E-state index in [0.29, 0.717) is 74.6 Å². The Bertz CT molecular complexity index is 1400. The highest BCUT2D eigenvalue weighted by molar-refractivity contribution is 7.99. The van der Waals surface area contributed by atoms with Gasteiger partial charge in [-0.05, 0) is 44.4 Å². The fraction of sp³-hybridized carbons (Fsp3) is 0.690. The van der Waals surface area contributed by atoms with Crippen LogP contribution in [0.5, 0.6) is 0 Å². The molecule has 246 valence electrons. The number of likely N-dealkylation sites (tertiary alicyclic amines) is 2. The number of fused-ring (bicyclic) bond motifs is 1. The maximum atomic E-state index is 14.0. The molecule has 0 unspecified atom stereocenters. The first kappa shape index (κ1) is 33.6. The largest absolute Gasteiger partial charge is 0.417 e. The molecule has 0 radical (unpaired) electrons. The molecular formula is C29H41F4N5O4S2. The maximum Gasteiger partial charge on any atom is 0.417 e. The number of aliphatic hydroxyl groups excluding tert-OH is 2. The van der Waals surface area contributed by atoms with E-state index in [2.05, 4.69) is 4.90 Å². The van der Waals surface area contributed by atoms with Gasteiger partial charge in [-0.25, -0.2) is 12.8 Å². The van der Waals surface area contributed by atoms with E-state index in [1.807, 2.05) is 4.90 Å². The van der Waals surface area contributed by atoms with Crippen molar-refractivity contribution in [3.8, 4) is 11.3 Å². The van der Waals surface area contributed by atoms with E-state index in [0.717, 1.165) is 49.2 Å². The van der Waals surface area contributed by atoms with E-state index < -0.39 is 40.1 Å². The molecule has 3 aliphatic heterocycles. The highest BCUT2D eigenvalue weighted by Crippen LogP contribution is 2.40. The number of hydrogen-bond acceptors (Lipinski definition) is 8. The van der Waals surface area contributed by atoms with Crippen LogP contribution in [0.15, 0.2) is 23.1 Å². The molecule has 15 heteroatoms. The second-order valence-electron chi connectivity index (χ2n) is 12.1. The van der Waals surface area contributed by atoms with Gasteiger partial charge in [0.2, 0.25) is 10.0 Å². The second-order valence-corrected chi connectivity index (χ2v) is 15.2.